The number of nitrogens with zero attached hydrogens (tertiary/aromatic N) is 2. The van der Waals surface area contributed by atoms with Crippen molar-refractivity contribution in [1.82, 2.24) is 4.90 Å². The number of nitriles is 1. The lowest BCUT2D eigenvalue weighted by Gasteiger charge is -2.13. The summed E-state index contributed by atoms with van der Waals surface area (Å²) in [6, 6.07) is 8.24. The third kappa shape index (κ3) is 3.07. The SMILES string of the molecule is COC(=O)c1sc(NC(=O)CN2C(=O)c3ccccc3C2=O)c(C#N)c1C. The van der Waals surface area contributed by atoms with E-state index < -0.39 is 30.2 Å². The second-order valence-corrected chi connectivity index (χ2v) is 6.67. The molecule has 1 aromatic carbocycles. The fourth-order valence-electron chi connectivity index (χ4n) is 2.72. The molecule has 0 bridgehead atoms. The fourth-order valence-corrected chi connectivity index (χ4v) is 3.81. The van der Waals surface area contributed by atoms with E-state index in [1.165, 1.54) is 19.2 Å². The number of methoxy groups -OCH3 is 1. The summed E-state index contributed by atoms with van der Waals surface area (Å²) in [6.07, 6.45) is 0. The van der Waals surface area contributed by atoms with Crippen molar-refractivity contribution in [2.75, 3.05) is 19.0 Å². The van der Waals surface area contributed by atoms with Crippen LogP contribution in [0.2, 0.25) is 0 Å². The Hall–Kier alpha value is -3.51. The number of carbonyl (C=O) groups excluding carboxylic acids is 4. The zero-order valence-corrected chi connectivity index (χ0v) is 15.2. The van der Waals surface area contributed by atoms with Crippen LogP contribution in [-0.4, -0.2) is 42.2 Å². The van der Waals surface area contributed by atoms with E-state index in [1.54, 1.807) is 19.1 Å². The molecular weight excluding hydrogens is 370 g/mol. The Morgan fingerprint density at radius 2 is 1.81 bits per heavy atom. The third-order valence-electron chi connectivity index (χ3n) is 4.06. The summed E-state index contributed by atoms with van der Waals surface area (Å²) in [5, 5.41) is 12.0. The van der Waals surface area contributed by atoms with Crippen LogP contribution in [0.5, 0.6) is 0 Å². The molecule has 9 heteroatoms. The summed E-state index contributed by atoms with van der Waals surface area (Å²) in [5.74, 6) is -2.37. The average Bonchev–Trinajstić information content (AvgIpc) is 3.10. The molecule has 1 aliphatic heterocycles. The highest BCUT2D eigenvalue weighted by Gasteiger charge is 2.36. The van der Waals surface area contributed by atoms with E-state index in [1.807, 2.05) is 6.07 Å². The predicted octanol–water partition coefficient (Wildman–Crippen LogP) is 1.95. The van der Waals surface area contributed by atoms with Crippen LogP contribution >= 0.6 is 11.3 Å². The first-order chi connectivity index (χ1) is 12.9. The van der Waals surface area contributed by atoms with E-state index in [0.717, 1.165) is 16.2 Å². The van der Waals surface area contributed by atoms with Gasteiger partial charge in [-0.2, -0.15) is 5.26 Å². The molecule has 1 aromatic heterocycles. The lowest BCUT2D eigenvalue weighted by Crippen LogP contribution is -2.37. The molecule has 0 atom stereocenters. The van der Waals surface area contributed by atoms with Crippen LogP contribution in [-0.2, 0) is 9.53 Å². The minimum atomic E-state index is -0.654. The van der Waals surface area contributed by atoms with Gasteiger partial charge in [0.2, 0.25) is 5.91 Å². The molecule has 0 fully saturated rings. The molecular formula is C18H13N3O5S. The molecule has 0 radical (unpaired) electrons. The number of carbonyl (C=O) groups is 4. The number of thiophene rings is 1. The number of esters is 1. The Morgan fingerprint density at radius 3 is 2.33 bits per heavy atom. The Morgan fingerprint density at radius 1 is 1.22 bits per heavy atom. The monoisotopic (exact) mass is 383 g/mol. The van der Waals surface area contributed by atoms with Crippen LogP contribution in [0.4, 0.5) is 5.00 Å². The summed E-state index contributed by atoms with van der Waals surface area (Å²) in [6.45, 7) is 1.07. The first-order valence-electron chi connectivity index (χ1n) is 7.76. The van der Waals surface area contributed by atoms with Crippen LogP contribution < -0.4 is 5.32 Å². The highest BCUT2D eigenvalue weighted by molar-refractivity contribution is 7.18. The number of nitrogens with one attached hydrogen (secondary N) is 1. The summed E-state index contributed by atoms with van der Waals surface area (Å²) in [5.41, 5.74) is 1.02. The van der Waals surface area contributed by atoms with Gasteiger partial charge < -0.3 is 10.1 Å². The van der Waals surface area contributed by atoms with E-state index >= 15 is 0 Å². The first kappa shape index (κ1) is 18.3. The zero-order chi connectivity index (χ0) is 19.7. The Labute approximate surface area is 158 Å². The van der Waals surface area contributed by atoms with Gasteiger partial charge in [0.05, 0.1) is 23.8 Å². The minimum Gasteiger partial charge on any atom is -0.465 e. The second-order valence-electron chi connectivity index (χ2n) is 5.65. The maximum Gasteiger partial charge on any atom is 0.348 e. The van der Waals surface area contributed by atoms with E-state index in [-0.39, 0.29) is 26.6 Å². The average molecular weight is 383 g/mol. The molecule has 0 spiro atoms. The van der Waals surface area contributed by atoms with Crippen molar-refractivity contribution < 1.29 is 23.9 Å². The van der Waals surface area contributed by atoms with Crippen LogP contribution in [0.25, 0.3) is 0 Å². The maximum atomic E-state index is 12.4. The standard InChI is InChI=1S/C18H13N3O5S/c1-9-12(7-19)15(27-14(9)18(25)26-2)20-13(22)8-21-16(23)10-5-3-4-6-11(10)17(21)24/h3-6H,8H2,1-2H3,(H,20,22). The zero-order valence-electron chi connectivity index (χ0n) is 14.4. The summed E-state index contributed by atoms with van der Waals surface area (Å²) in [4.78, 5) is 49.8. The van der Waals surface area contributed by atoms with Crippen molar-refractivity contribution in [2.24, 2.45) is 0 Å². The lowest BCUT2D eigenvalue weighted by molar-refractivity contribution is -0.116. The molecule has 0 unspecified atom stereocenters. The van der Waals surface area contributed by atoms with E-state index in [9.17, 15) is 24.4 Å². The predicted molar refractivity (Wildman–Crippen MR) is 95.5 cm³/mol. The van der Waals surface area contributed by atoms with Gasteiger partial charge in [-0.05, 0) is 24.6 Å². The number of hydrogen-bond acceptors (Lipinski definition) is 7. The number of fused-ring (bicyclic) bond motifs is 1. The van der Waals surface area contributed by atoms with Gasteiger partial charge in [0.1, 0.15) is 22.5 Å². The van der Waals surface area contributed by atoms with Crippen LogP contribution in [0, 0.1) is 18.3 Å². The van der Waals surface area contributed by atoms with Gasteiger partial charge in [0.25, 0.3) is 11.8 Å². The van der Waals surface area contributed by atoms with E-state index in [2.05, 4.69) is 10.1 Å². The van der Waals surface area contributed by atoms with Gasteiger partial charge in [-0.25, -0.2) is 4.79 Å². The lowest BCUT2D eigenvalue weighted by atomic mass is 10.1. The van der Waals surface area contributed by atoms with E-state index in [0.29, 0.717) is 5.56 Å². The van der Waals surface area contributed by atoms with Crippen molar-refractivity contribution in [3.63, 3.8) is 0 Å². The number of rotatable bonds is 4. The van der Waals surface area contributed by atoms with Gasteiger partial charge in [0.15, 0.2) is 0 Å². The maximum absolute atomic E-state index is 12.4. The molecule has 2 aromatic rings. The highest BCUT2D eigenvalue weighted by Crippen LogP contribution is 2.33. The van der Waals surface area contributed by atoms with Gasteiger partial charge in [0, 0.05) is 0 Å². The molecule has 3 amide bonds. The molecule has 0 saturated heterocycles. The van der Waals surface area contributed by atoms with Gasteiger partial charge in [-0.15, -0.1) is 11.3 Å². The topological polar surface area (TPSA) is 117 Å². The summed E-state index contributed by atoms with van der Waals surface area (Å²) in [7, 11) is 1.22. The van der Waals surface area contributed by atoms with Crippen molar-refractivity contribution in [3.8, 4) is 6.07 Å². The normalized spacial score (nSPS) is 12.6. The molecule has 1 N–H and O–H groups in total. The molecule has 27 heavy (non-hydrogen) atoms. The van der Waals surface area contributed by atoms with Crippen molar-refractivity contribution in [3.05, 3.63) is 51.4 Å². The smallest absolute Gasteiger partial charge is 0.348 e. The molecule has 136 valence electrons. The van der Waals surface area contributed by atoms with Crippen LogP contribution in [0.3, 0.4) is 0 Å². The highest BCUT2D eigenvalue weighted by atomic mass is 32.1. The number of hydrogen-bond donors (Lipinski definition) is 1. The number of benzene rings is 1. The van der Waals surface area contributed by atoms with Crippen molar-refractivity contribution >= 4 is 40.0 Å². The molecule has 2 heterocycles. The number of ether oxygens (including phenoxy) is 1. The number of amides is 3. The fraction of sp³-hybridized carbons (Fsp3) is 0.167. The summed E-state index contributed by atoms with van der Waals surface area (Å²) < 4.78 is 4.66. The van der Waals surface area contributed by atoms with Crippen LogP contribution in [0.1, 0.15) is 41.5 Å². The van der Waals surface area contributed by atoms with Gasteiger partial charge in [-0.1, -0.05) is 12.1 Å². The Balaban J connectivity index is 1.80. The molecule has 0 saturated carbocycles. The molecule has 3 rings (SSSR count). The largest absolute Gasteiger partial charge is 0.465 e. The third-order valence-corrected chi connectivity index (χ3v) is 5.25. The Bertz CT molecular complexity index is 999. The Kier molecular flexibility index (Phi) is 4.75. The van der Waals surface area contributed by atoms with Gasteiger partial charge >= 0.3 is 5.97 Å². The van der Waals surface area contributed by atoms with Crippen molar-refractivity contribution in [2.45, 2.75) is 6.92 Å². The molecule has 8 nitrogen and oxygen atoms in total. The van der Waals surface area contributed by atoms with Gasteiger partial charge in [-0.3, -0.25) is 19.3 Å². The van der Waals surface area contributed by atoms with Crippen molar-refractivity contribution in [1.29, 1.82) is 5.26 Å². The first-order valence-corrected chi connectivity index (χ1v) is 8.57. The summed E-state index contributed by atoms with van der Waals surface area (Å²) >= 11 is 0.901. The van der Waals surface area contributed by atoms with Crippen LogP contribution in [0.15, 0.2) is 24.3 Å². The molecule has 0 aliphatic carbocycles. The van der Waals surface area contributed by atoms with E-state index in [4.69, 9.17) is 0 Å². The second kappa shape index (κ2) is 7.01. The quantitative estimate of drug-likeness (QED) is 0.637. The number of anilines is 1. The minimum absolute atomic E-state index is 0.135. The molecule has 1 aliphatic rings. The number of imide groups is 1.